The predicted molar refractivity (Wildman–Crippen MR) is 139 cm³/mol. The summed E-state index contributed by atoms with van der Waals surface area (Å²) in [4.78, 5) is 11.4. The van der Waals surface area contributed by atoms with Crippen LogP contribution in [0.15, 0.2) is 29.3 Å². The van der Waals surface area contributed by atoms with E-state index in [1.807, 2.05) is 11.7 Å². The number of methoxy groups -OCH3 is 1. The Balaban J connectivity index is 0.00000306. The second-order valence-electron chi connectivity index (χ2n) is 8.60. The number of rotatable bonds is 7. The third-order valence-electron chi connectivity index (χ3n) is 5.92. The van der Waals surface area contributed by atoms with Gasteiger partial charge < -0.3 is 20.1 Å². The third kappa shape index (κ3) is 7.36. The summed E-state index contributed by atoms with van der Waals surface area (Å²) >= 11 is 0. The molecule has 2 aromatic rings. The first-order chi connectivity index (χ1) is 15.6. The fourth-order valence-corrected chi connectivity index (χ4v) is 4.37. The zero-order chi connectivity index (χ0) is 22.3. The average Bonchev–Trinajstić information content (AvgIpc) is 3.19. The summed E-state index contributed by atoms with van der Waals surface area (Å²) in [6.45, 7) is 7.85. The van der Waals surface area contributed by atoms with Crippen LogP contribution in [0.1, 0.15) is 36.1 Å². The molecule has 182 valence electrons. The smallest absolute Gasteiger partial charge is 0.191 e. The molecular weight excluding hydrogens is 533 g/mol. The molecule has 0 saturated carbocycles. The molecule has 1 fully saturated rings. The second-order valence-corrected chi connectivity index (χ2v) is 8.60. The summed E-state index contributed by atoms with van der Waals surface area (Å²) in [5.41, 5.74) is 2.58. The number of nitrogens with zero attached hydrogens (tertiary/aromatic N) is 5. The number of aliphatic imine (C=N–C) groups is 1. The number of hydrogen-bond acceptors (Lipinski definition) is 6. The summed E-state index contributed by atoms with van der Waals surface area (Å²) < 4.78 is 12.8. The first-order valence-electron chi connectivity index (χ1n) is 11.4. The Labute approximate surface area is 213 Å². The SMILES string of the molecule is CN=C(NCc1cccc(CN2CCOC(C)C2)c1)NC1CCc2nc(COC)nn2C1.I. The highest BCUT2D eigenvalue weighted by Crippen LogP contribution is 2.14. The predicted octanol–water partition coefficient (Wildman–Crippen LogP) is 1.94. The van der Waals surface area contributed by atoms with Crippen LogP contribution < -0.4 is 10.6 Å². The quantitative estimate of drug-likeness (QED) is 0.300. The monoisotopic (exact) mass is 569 g/mol. The maximum Gasteiger partial charge on any atom is 0.191 e. The van der Waals surface area contributed by atoms with Crippen LogP contribution >= 0.6 is 24.0 Å². The Morgan fingerprint density at radius 2 is 2.15 bits per heavy atom. The molecule has 0 amide bonds. The molecule has 0 aliphatic carbocycles. The molecule has 1 aromatic carbocycles. The zero-order valence-electron chi connectivity index (χ0n) is 19.8. The minimum atomic E-state index is 0. The maximum absolute atomic E-state index is 5.65. The molecule has 0 spiro atoms. The van der Waals surface area contributed by atoms with Crippen molar-refractivity contribution < 1.29 is 9.47 Å². The summed E-state index contributed by atoms with van der Waals surface area (Å²) in [6, 6.07) is 9.04. The van der Waals surface area contributed by atoms with Gasteiger partial charge in [0.15, 0.2) is 11.8 Å². The van der Waals surface area contributed by atoms with Crippen LogP contribution in [0.25, 0.3) is 0 Å². The molecule has 4 rings (SSSR count). The van der Waals surface area contributed by atoms with Crippen molar-refractivity contribution in [2.45, 2.75) is 58.2 Å². The van der Waals surface area contributed by atoms with Crippen molar-refractivity contribution in [3.63, 3.8) is 0 Å². The molecule has 2 unspecified atom stereocenters. The van der Waals surface area contributed by atoms with Gasteiger partial charge in [0, 0.05) is 52.8 Å². The van der Waals surface area contributed by atoms with Gasteiger partial charge in [-0.05, 0) is 24.5 Å². The average molecular weight is 569 g/mol. The number of guanidine groups is 1. The summed E-state index contributed by atoms with van der Waals surface area (Å²) in [5.74, 6) is 2.59. The van der Waals surface area contributed by atoms with Gasteiger partial charge in [-0.25, -0.2) is 9.67 Å². The van der Waals surface area contributed by atoms with Gasteiger partial charge in [-0.3, -0.25) is 9.89 Å². The molecule has 1 aromatic heterocycles. The second kappa shape index (κ2) is 12.6. The van der Waals surface area contributed by atoms with Gasteiger partial charge in [0.25, 0.3) is 0 Å². The fraction of sp³-hybridized carbons (Fsp3) is 0.609. The molecular formula is C23H36IN7O2. The van der Waals surface area contributed by atoms with Crippen LogP contribution in [0.5, 0.6) is 0 Å². The third-order valence-corrected chi connectivity index (χ3v) is 5.92. The molecule has 0 radical (unpaired) electrons. The summed E-state index contributed by atoms with van der Waals surface area (Å²) in [5, 5.41) is 11.5. The summed E-state index contributed by atoms with van der Waals surface area (Å²) in [7, 11) is 3.48. The Morgan fingerprint density at radius 3 is 2.94 bits per heavy atom. The van der Waals surface area contributed by atoms with E-state index in [-0.39, 0.29) is 30.0 Å². The number of aryl methyl sites for hydroxylation is 1. The van der Waals surface area contributed by atoms with Crippen molar-refractivity contribution in [2.24, 2.45) is 4.99 Å². The number of fused-ring (bicyclic) bond motifs is 1. The molecule has 10 heteroatoms. The number of morpholine rings is 1. The lowest BCUT2D eigenvalue weighted by molar-refractivity contribution is -0.0212. The molecule has 3 heterocycles. The number of hydrogen-bond donors (Lipinski definition) is 2. The molecule has 9 nitrogen and oxygen atoms in total. The van der Waals surface area contributed by atoms with Crippen molar-refractivity contribution in [2.75, 3.05) is 33.9 Å². The van der Waals surface area contributed by atoms with E-state index >= 15 is 0 Å². The van der Waals surface area contributed by atoms with Gasteiger partial charge in [0.2, 0.25) is 0 Å². The molecule has 1 saturated heterocycles. The number of aromatic nitrogens is 3. The lowest BCUT2D eigenvalue weighted by atomic mass is 10.1. The highest BCUT2D eigenvalue weighted by atomic mass is 127. The van der Waals surface area contributed by atoms with Crippen molar-refractivity contribution in [3.05, 3.63) is 47.0 Å². The van der Waals surface area contributed by atoms with E-state index in [0.717, 1.165) is 69.8 Å². The first-order valence-corrected chi connectivity index (χ1v) is 11.4. The normalized spacial score (nSPS) is 21.2. The van der Waals surface area contributed by atoms with E-state index in [1.165, 1.54) is 11.1 Å². The number of halogens is 1. The fourth-order valence-electron chi connectivity index (χ4n) is 4.37. The minimum absolute atomic E-state index is 0. The van der Waals surface area contributed by atoms with E-state index < -0.39 is 0 Å². The van der Waals surface area contributed by atoms with E-state index in [0.29, 0.717) is 12.7 Å². The molecule has 2 N–H and O–H groups in total. The molecule has 2 atom stereocenters. The zero-order valence-corrected chi connectivity index (χ0v) is 22.1. The molecule has 2 aliphatic rings. The van der Waals surface area contributed by atoms with Crippen molar-refractivity contribution >= 4 is 29.9 Å². The van der Waals surface area contributed by atoms with Crippen molar-refractivity contribution in [3.8, 4) is 0 Å². The molecule has 33 heavy (non-hydrogen) atoms. The van der Waals surface area contributed by atoms with Gasteiger partial charge in [0.1, 0.15) is 12.4 Å². The van der Waals surface area contributed by atoms with Gasteiger partial charge in [-0.2, -0.15) is 5.10 Å². The maximum atomic E-state index is 5.65. The summed E-state index contributed by atoms with van der Waals surface area (Å²) in [6.07, 6.45) is 2.20. The van der Waals surface area contributed by atoms with Crippen molar-refractivity contribution in [1.82, 2.24) is 30.3 Å². The van der Waals surface area contributed by atoms with E-state index in [4.69, 9.17) is 9.47 Å². The van der Waals surface area contributed by atoms with Crippen LogP contribution in [-0.4, -0.2) is 71.6 Å². The van der Waals surface area contributed by atoms with Crippen LogP contribution in [0.3, 0.4) is 0 Å². The highest BCUT2D eigenvalue weighted by Gasteiger charge is 2.22. The minimum Gasteiger partial charge on any atom is -0.377 e. The first kappa shape index (κ1) is 25.9. The van der Waals surface area contributed by atoms with E-state index in [2.05, 4.69) is 61.8 Å². The van der Waals surface area contributed by atoms with E-state index in [9.17, 15) is 0 Å². The van der Waals surface area contributed by atoms with Gasteiger partial charge in [-0.15, -0.1) is 24.0 Å². The lowest BCUT2D eigenvalue weighted by Crippen LogP contribution is -2.46. The Morgan fingerprint density at radius 1 is 1.30 bits per heavy atom. The van der Waals surface area contributed by atoms with E-state index in [1.54, 1.807) is 7.11 Å². The van der Waals surface area contributed by atoms with Crippen LogP contribution in [0.2, 0.25) is 0 Å². The van der Waals surface area contributed by atoms with Gasteiger partial charge in [-0.1, -0.05) is 24.3 Å². The molecule has 2 aliphatic heterocycles. The largest absolute Gasteiger partial charge is 0.377 e. The van der Waals surface area contributed by atoms with Crippen LogP contribution in [-0.2, 0) is 42.1 Å². The van der Waals surface area contributed by atoms with Crippen molar-refractivity contribution in [1.29, 1.82) is 0 Å². The van der Waals surface area contributed by atoms with Gasteiger partial charge >= 0.3 is 0 Å². The van der Waals surface area contributed by atoms with Crippen LogP contribution in [0, 0.1) is 0 Å². The van der Waals surface area contributed by atoms with Gasteiger partial charge in [0.05, 0.1) is 19.3 Å². The topological polar surface area (TPSA) is 88.8 Å². The standard InChI is InChI=1S/C23H35N7O2.HI/c1-17-13-29(9-10-32-17)14-19-6-4-5-18(11-19)12-25-23(24-2)26-20-7-8-22-27-21(16-31-3)28-30(22)15-20;/h4-6,11,17,20H,7-10,12-16H2,1-3H3,(H2,24,25,26);1H. The van der Waals surface area contributed by atoms with Crippen LogP contribution in [0.4, 0.5) is 0 Å². The number of benzene rings is 1. The molecule has 0 bridgehead atoms. The lowest BCUT2D eigenvalue weighted by Gasteiger charge is -2.31. The number of nitrogens with one attached hydrogen (secondary N) is 2. The Kier molecular flexibility index (Phi) is 9.90. The highest BCUT2D eigenvalue weighted by molar-refractivity contribution is 14.0. The number of ether oxygens (including phenoxy) is 2. The Hall–Kier alpha value is -1.76. The Bertz CT molecular complexity index is 920.